The van der Waals surface area contributed by atoms with Crippen molar-refractivity contribution in [3.63, 3.8) is 0 Å². The van der Waals surface area contributed by atoms with Crippen molar-refractivity contribution >= 4 is 17.8 Å². The van der Waals surface area contributed by atoms with Crippen molar-refractivity contribution in [3.05, 3.63) is 17.5 Å². The number of hydrogen-bond acceptors (Lipinski definition) is 5. The molecule has 164 valence electrons. The molecule has 9 nitrogen and oxygen atoms in total. The van der Waals surface area contributed by atoms with Crippen molar-refractivity contribution in [1.29, 1.82) is 0 Å². The zero-order valence-corrected chi connectivity index (χ0v) is 18.0. The predicted molar refractivity (Wildman–Crippen MR) is 111 cm³/mol. The van der Waals surface area contributed by atoms with Crippen LogP contribution in [0.5, 0.6) is 0 Å². The fourth-order valence-corrected chi connectivity index (χ4v) is 4.82. The lowest BCUT2D eigenvalue weighted by Crippen LogP contribution is -2.52. The summed E-state index contributed by atoms with van der Waals surface area (Å²) in [5.74, 6) is -0.372. The summed E-state index contributed by atoms with van der Waals surface area (Å²) in [6, 6.07) is -0.419. The summed E-state index contributed by atoms with van der Waals surface area (Å²) in [4.78, 5) is 43.3. The molecule has 4 amide bonds. The smallest absolute Gasteiger partial charge is 0.325 e. The van der Waals surface area contributed by atoms with Gasteiger partial charge in [0.05, 0.1) is 5.69 Å². The summed E-state index contributed by atoms with van der Waals surface area (Å²) in [5.41, 5.74) is 1.49. The van der Waals surface area contributed by atoms with Crippen LogP contribution in [0.3, 0.4) is 0 Å². The van der Waals surface area contributed by atoms with Crippen LogP contribution in [0, 0.1) is 6.92 Å². The Kier molecular flexibility index (Phi) is 5.81. The summed E-state index contributed by atoms with van der Waals surface area (Å²) >= 11 is 0. The highest BCUT2D eigenvalue weighted by Gasteiger charge is 2.51. The Balaban J connectivity index is 1.29. The van der Waals surface area contributed by atoms with E-state index >= 15 is 0 Å². The van der Waals surface area contributed by atoms with Gasteiger partial charge >= 0.3 is 6.03 Å². The molecule has 1 aromatic heterocycles. The standard InChI is InChI=1S/C21H32N6O3/c1-3-26-14-17(16(2)23-26)13-24-9-11-25(12-10-24)18(28)15-27-19(29)21(22-20(27)30)7-5-4-6-8-21/h14H,3-13,15H2,1-2H3,(H,22,30). The highest BCUT2D eigenvalue weighted by molar-refractivity contribution is 6.09. The van der Waals surface area contributed by atoms with E-state index in [0.717, 1.165) is 56.0 Å². The SMILES string of the molecule is CCn1cc(CN2CCN(C(=O)CN3C(=O)NC4(CCCCC4)C3=O)CC2)c(C)n1. The van der Waals surface area contributed by atoms with Crippen LogP contribution in [-0.2, 0) is 22.7 Å². The lowest BCUT2D eigenvalue weighted by molar-refractivity contribution is -0.140. The number of piperazine rings is 1. The molecule has 1 spiro atoms. The highest BCUT2D eigenvalue weighted by atomic mass is 16.2. The van der Waals surface area contributed by atoms with Crippen molar-refractivity contribution in [3.8, 4) is 0 Å². The van der Waals surface area contributed by atoms with Gasteiger partial charge in [-0.15, -0.1) is 0 Å². The lowest BCUT2D eigenvalue weighted by atomic mass is 9.82. The third-order valence-electron chi connectivity index (χ3n) is 6.74. The molecule has 3 fully saturated rings. The second-order valence-electron chi connectivity index (χ2n) is 8.72. The molecule has 1 N–H and O–H groups in total. The van der Waals surface area contributed by atoms with Crippen molar-refractivity contribution in [2.24, 2.45) is 0 Å². The zero-order valence-electron chi connectivity index (χ0n) is 18.0. The third-order valence-corrected chi connectivity index (χ3v) is 6.74. The maximum Gasteiger partial charge on any atom is 0.325 e. The molecule has 0 aromatic carbocycles. The quantitative estimate of drug-likeness (QED) is 0.726. The molecule has 4 rings (SSSR count). The van der Waals surface area contributed by atoms with Crippen LogP contribution >= 0.6 is 0 Å². The first kappa shape index (κ1) is 20.8. The van der Waals surface area contributed by atoms with Gasteiger partial charge in [-0.1, -0.05) is 19.3 Å². The molecule has 0 unspecified atom stereocenters. The third kappa shape index (κ3) is 3.95. The average Bonchev–Trinajstić information content (AvgIpc) is 3.21. The van der Waals surface area contributed by atoms with Gasteiger partial charge in [-0.25, -0.2) is 4.79 Å². The molecule has 1 saturated carbocycles. The normalized spacial score (nSPS) is 22.1. The first-order chi connectivity index (χ1) is 14.4. The molecule has 30 heavy (non-hydrogen) atoms. The van der Waals surface area contributed by atoms with Crippen LogP contribution in [0.4, 0.5) is 4.79 Å². The molecule has 0 bridgehead atoms. The Morgan fingerprint density at radius 3 is 2.47 bits per heavy atom. The van der Waals surface area contributed by atoms with Gasteiger partial charge in [0.2, 0.25) is 5.91 Å². The Bertz CT molecular complexity index is 821. The van der Waals surface area contributed by atoms with Crippen LogP contribution in [0.1, 0.15) is 50.3 Å². The number of amides is 4. The van der Waals surface area contributed by atoms with Gasteiger partial charge in [-0.05, 0) is 26.7 Å². The maximum atomic E-state index is 12.9. The van der Waals surface area contributed by atoms with E-state index in [1.54, 1.807) is 4.90 Å². The molecule has 3 aliphatic rings. The number of nitrogens with zero attached hydrogens (tertiary/aromatic N) is 5. The molecule has 1 aliphatic carbocycles. The lowest BCUT2D eigenvalue weighted by Gasteiger charge is -2.35. The fourth-order valence-electron chi connectivity index (χ4n) is 4.82. The molecule has 0 atom stereocenters. The summed E-state index contributed by atoms with van der Waals surface area (Å²) in [5, 5.41) is 7.37. The highest BCUT2D eigenvalue weighted by Crippen LogP contribution is 2.33. The van der Waals surface area contributed by atoms with Crippen molar-refractivity contribution < 1.29 is 14.4 Å². The van der Waals surface area contributed by atoms with Crippen molar-refractivity contribution in [2.75, 3.05) is 32.7 Å². The van der Waals surface area contributed by atoms with Gasteiger partial charge < -0.3 is 10.2 Å². The molecule has 9 heteroatoms. The fraction of sp³-hybridized carbons (Fsp3) is 0.714. The number of nitrogens with one attached hydrogen (secondary N) is 1. The Morgan fingerprint density at radius 2 is 1.83 bits per heavy atom. The first-order valence-electron chi connectivity index (χ1n) is 11.1. The van der Waals surface area contributed by atoms with E-state index in [9.17, 15) is 14.4 Å². The van der Waals surface area contributed by atoms with Crippen molar-refractivity contribution in [1.82, 2.24) is 29.8 Å². The number of urea groups is 1. The Labute approximate surface area is 177 Å². The first-order valence-corrected chi connectivity index (χ1v) is 11.1. The van der Waals surface area contributed by atoms with E-state index < -0.39 is 11.6 Å². The average molecular weight is 417 g/mol. The van der Waals surface area contributed by atoms with E-state index in [0.29, 0.717) is 25.9 Å². The molecule has 0 radical (unpaired) electrons. The van der Waals surface area contributed by atoms with E-state index in [4.69, 9.17) is 0 Å². The van der Waals surface area contributed by atoms with E-state index in [-0.39, 0.29) is 18.4 Å². The molecule has 2 saturated heterocycles. The van der Waals surface area contributed by atoms with Gasteiger partial charge in [-0.2, -0.15) is 5.10 Å². The predicted octanol–water partition coefficient (Wildman–Crippen LogP) is 1.11. The molecular formula is C21H32N6O3. The largest absolute Gasteiger partial charge is 0.339 e. The van der Waals surface area contributed by atoms with E-state index in [2.05, 4.69) is 28.4 Å². The minimum Gasteiger partial charge on any atom is -0.339 e. The summed E-state index contributed by atoms with van der Waals surface area (Å²) in [7, 11) is 0. The summed E-state index contributed by atoms with van der Waals surface area (Å²) < 4.78 is 1.95. The number of aromatic nitrogens is 2. The molecule has 3 heterocycles. The molecular weight excluding hydrogens is 384 g/mol. The number of imide groups is 1. The van der Waals surface area contributed by atoms with Crippen molar-refractivity contribution in [2.45, 2.75) is 64.6 Å². The van der Waals surface area contributed by atoms with Crippen LogP contribution in [0.15, 0.2) is 6.20 Å². The minimum atomic E-state index is -0.769. The van der Waals surface area contributed by atoms with Gasteiger partial charge in [0.1, 0.15) is 12.1 Å². The topological polar surface area (TPSA) is 90.8 Å². The number of rotatable bonds is 5. The van der Waals surface area contributed by atoms with Gasteiger partial charge in [0, 0.05) is 51.0 Å². The summed E-state index contributed by atoms with van der Waals surface area (Å²) in [6.45, 7) is 8.37. The van der Waals surface area contributed by atoms with Gasteiger partial charge in [0.15, 0.2) is 0 Å². The van der Waals surface area contributed by atoms with Crippen LogP contribution in [0.25, 0.3) is 0 Å². The Morgan fingerprint density at radius 1 is 1.13 bits per heavy atom. The molecule has 1 aromatic rings. The molecule has 2 aliphatic heterocycles. The van der Waals surface area contributed by atoms with E-state index in [1.807, 2.05) is 11.6 Å². The maximum absolute atomic E-state index is 12.9. The monoisotopic (exact) mass is 416 g/mol. The Hall–Kier alpha value is -2.42. The number of hydrogen-bond donors (Lipinski definition) is 1. The summed E-state index contributed by atoms with van der Waals surface area (Å²) in [6.07, 6.45) is 6.40. The van der Waals surface area contributed by atoms with Gasteiger partial charge in [0.25, 0.3) is 5.91 Å². The second-order valence-corrected chi connectivity index (χ2v) is 8.72. The van der Waals surface area contributed by atoms with Gasteiger partial charge in [-0.3, -0.25) is 24.1 Å². The van der Waals surface area contributed by atoms with Crippen LogP contribution in [-0.4, -0.2) is 80.6 Å². The van der Waals surface area contributed by atoms with E-state index in [1.165, 1.54) is 5.56 Å². The van der Waals surface area contributed by atoms with Crippen LogP contribution in [0.2, 0.25) is 0 Å². The number of carbonyl (C=O) groups excluding carboxylic acids is 3. The number of aryl methyl sites for hydroxylation is 2. The zero-order chi connectivity index (χ0) is 21.3. The number of carbonyl (C=O) groups is 3. The minimum absolute atomic E-state index is 0.152. The second kappa shape index (κ2) is 8.37. The van der Waals surface area contributed by atoms with Crippen LogP contribution < -0.4 is 5.32 Å².